The van der Waals surface area contributed by atoms with E-state index in [9.17, 15) is 14.4 Å². The smallest absolute Gasteiger partial charge is 0.330 e. The molecule has 1 aromatic carbocycles. The minimum atomic E-state index is -1.18. The fourth-order valence-corrected chi connectivity index (χ4v) is 1.96. The molecule has 3 atom stereocenters. The average molecular weight is 337 g/mol. The van der Waals surface area contributed by atoms with Crippen LogP contribution in [0.5, 0.6) is 0 Å². The molecule has 0 aliphatic carbocycles. The van der Waals surface area contributed by atoms with Crippen molar-refractivity contribution in [3.8, 4) is 0 Å². The van der Waals surface area contributed by atoms with E-state index in [0.29, 0.717) is 6.42 Å². The van der Waals surface area contributed by atoms with Gasteiger partial charge in [0.05, 0.1) is 19.8 Å². The van der Waals surface area contributed by atoms with E-state index < -0.39 is 42.5 Å². The lowest BCUT2D eigenvalue weighted by Gasteiger charge is -2.20. The van der Waals surface area contributed by atoms with Crippen LogP contribution >= 0.6 is 0 Å². The SMILES string of the molecule is COC(=O)C(CO)NC(=O)C(C)NC(=O)C(N)Cc1ccccc1. The Bertz CT molecular complexity index is 564. The number of nitrogens with one attached hydrogen (secondary N) is 2. The molecular formula is C16H23N3O5. The van der Waals surface area contributed by atoms with Crippen molar-refractivity contribution < 1.29 is 24.2 Å². The maximum atomic E-state index is 12.1. The van der Waals surface area contributed by atoms with Crippen LogP contribution in [-0.4, -0.2) is 54.7 Å². The molecular weight excluding hydrogens is 314 g/mol. The second kappa shape index (κ2) is 9.64. The van der Waals surface area contributed by atoms with Gasteiger partial charge in [0.25, 0.3) is 0 Å². The zero-order valence-electron chi connectivity index (χ0n) is 13.7. The predicted octanol–water partition coefficient (Wildman–Crippen LogP) is -1.29. The highest BCUT2D eigenvalue weighted by Crippen LogP contribution is 2.02. The maximum Gasteiger partial charge on any atom is 0.330 e. The first-order valence-electron chi connectivity index (χ1n) is 7.48. The summed E-state index contributed by atoms with van der Waals surface area (Å²) in [6.45, 7) is 0.848. The molecule has 1 aromatic rings. The summed E-state index contributed by atoms with van der Waals surface area (Å²) in [6, 6.07) is 6.35. The number of carbonyl (C=O) groups is 3. The normalized spacial score (nSPS) is 14.2. The van der Waals surface area contributed by atoms with Crippen molar-refractivity contribution >= 4 is 17.8 Å². The fourth-order valence-electron chi connectivity index (χ4n) is 1.96. The summed E-state index contributed by atoms with van der Waals surface area (Å²) in [5.74, 6) is -1.88. The number of rotatable bonds is 8. The summed E-state index contributed by atoms with van der Waals surface area (Å²) < 4.78 is 4.45. The van der Waals surface area contributed by atoms with E-state index in [4.69, 9.17) is 10.8 Å². The quantitative estimate of drug-likeness (QED) is 0.437. The molecule has 0 fully saturated rings. The minimum Gasteiger partial charge on any atom is -0.467 e. The van der Waals surface area contributed by atoms with Gasteiger partial charge in [-0.2, -0.15) is 0 Å². The van der Waals surface area contributed by atoms with Crippen LogP contribution in [0.4, 0.5) is 0 Å². The lowest BCUT2D eigenvalue weighted by molar-refractivity contribution is -0.146. The van der Waals surface area contributed by atoms with E-state index >= 15 is 0 Å². The zero-order chi connectivity index (χ0) is 18.1. The first-order chi connectivity index (χ1) is 11.4. The molecule has 8 heteroatoms. The van der Waals surface area contributed by atoms with Crippen molar-refractivity contribution in [2.45, 2.75) is 31.5 Å². The number of aliphatic hydroxyl groups excluding tert-OH is 1. The van der Waals surface area contributed by atoms with Crippen LogP contribution in [0.15, 0.2) is 30.3 Å². The molecule has 8 nitrogen and oxygen atoms in total. The standard InChI is InChI=1S/C16H23N3O5/c1-10(14(21)19-13(9-20)16(23)24-2)18-15(22)12(17)8-11-6-4-3-5-7-11/h3-7,10,12-13,20H,8-9,17H2,1-2H3,(H,18,22)(H,19,21). The van der Waals surface area contributed by atoms with Gasteiger partial charge in [0.1, 0.15) is 6.04 Å². The van der Waals surface area contributed by atoms with Gasteiger partial charge < -0.3 is 26.2 Å². The number of hydrogen-bond acceptors (Lipinski definition) is 6. The Balaban J connectivity index is 2.53. The second-order valence-electron chi connectivity index (χ2n) is 5.29. The molecule has 24 heavy (non-hydrogen) atoms. The maximum absolute atomic E-state index is 12.1. The molecule has 0 bridgehead atoms. The van der Waals surface area contributed by atoms with Crippen LogP contribution in [0.25, 0.3) is 0 Å². The van der Waals surface area contributed by atoms with Gasteiger partial charge in [-0.25, -0.2) is 4.79 Å². The van der Waals surface area contributed by atoms with Gasteiger partial charge in [0.15, 0.2) is 6.04 Å². The van der Waals surface area contributed by atoms with E-state index in [1.54, 1.807) is 0 Å². The number of nitrogens with two attached hydrogens (primary N) is 1. The zero-order valence-corrected chi connectivity index (χ0v) is 13.7. The molecule has 0 aliphatic heterocycles. The summed E-state index contributed by atoms with van der Waals surface area (Å²) in [4.78, 5) is 35.3. The highest BCUT2D eigenvalue weighted by atomic mass is 16.5. The Kier molecular flexibility index (Phi) is 7.87. The Hall–Kier alpha value is -2.45. The van der Waals surface area contributed by atoms with Crippen LogP contribution in [0, 0.1) is 0 Å². The van der Waals surface area contributed by atoms with E-state index in [2.05, 4.69) is 15.4 Å². The van der Waals surface area contributed by atoms with Gasteiger partial charge >= 0.3 is 5.97 Å². The van der Waals surface area contributed by atoms with Crippen molar-refractivity contribution in [3.05, 3.63) is 35.9 Å². The predicted molar refractivity (Wildman–Crippen MR) is 86.8 cm³/mol. The number of carbonyl (C=O) groups excluding carboxylic acids is 3. The molecule has 0 spiro atoms. The van der Waals surface area contributed by atoms with Crippen LogP contribution < -0.4 is 16.4 Å². The highest BCUT2D eigenvalue weighted by molar-refractivity contribution is 5.91. The number of esters is 1. The lowest BCUT2D eigenvalue weighted by atomic mass is 10.1. The summed E-state index contributed by atoms with van der Waals surface area (Å²) in [7, 11) is 1.14. The van der Waals surface area contributed by atoms with Gasteiger partial charge in [-0.05, 0) is 18.9 Å². The molecule has 3 unspecified atom stereocenters. The Morgan fingerprint density at radius 3 is 2.33 bits per heavy atom. The Morgan fingerprint density at radius 2 is 1.79 bits per heavy atom. The number of methoxy groups -OCH3 is 1. The summed E-state index contributed by atoms with van der Waals surface area (Å²) >= 11 is 0. The van der Waals surface area contributed by atoms with E-state index in [-0.39, 0.29) is 0 Å². The topological polar surface area (TPSA) is 131 Å². The van der Waals surface area contributed by atoms with Crippen LogP contribution in [0.2, 0.25) is 0 Å². The van der Waals surface area contributed by atoms with Crippen molar-refractivity contribution in [2.24, 2.45) is 5.73 Å². The van der Waals surface area contributed by atoms with E-state index in [0.717, 1.165) is 12.7 Å². The largest absolute Gasteiger partial charge is 0.467 e. The molecule has 5 N–H and O–H groups in total. The number of benzene rings is 1. The van der Waals surface area contributed by atoms with Crippen molar-refractivity contribution in [3.63, 3.8) is 0 Å². The van der Waals surface area contributed by atoms with Crippen molar-refractivity contribution in [1.29, 1.82) is 0 Å². The average Bonchev–Trinajstić information content (AvgIpc) is 2.59. The third-order valence-electron chi connectivity index (χ3n) is 3.37. The van der Waals surface area contributed by atoms with Crippen molar-refractivity contribution in [2.75, 3.05) is 13.7 Å². The first-order valence-corrected chi connectivity index (χ1v) is 7.48. The van der Waals surface area contributed by atoms with Crippen LogP contribution in [-0.2, 0) is 25.5 Å². The number of ether oxygens (including phenoxy) is 1. The Morgan fingerprint density at radius 1 is 1.17 bits per heavy atom. The molecule has 0 heterocycles. The minimum absolute atomic E-state index is 0.336. The van der Waals surface area contributed by atoms with Gasteiger partial charge in [-0.1, -0.05) is 30.3 Å². The van der Waals surface area contributed by atoms with Gasteiger partial charge in [0, 0.05) is 0 Å². The van der Waals surface area contributed by atoms with Crippen molar-refractivity contribution in [1.82, 2.24) is 10.6 Å². The first kappa shape index (κ1) is 19.6. The monoisotopic (exact) mass is 337 g/mol. The molecule has 0 aromatic heterocycles. The van der Waals surface area contributed by atoms with Gasteiger partial charge in [-0.3, -0.25) is 9.59 Å². The molecule has 1 rings (SSSR count). The Labute approximate surface area is 140 Å². The lowest BCUT2D eigenvalue weighted by Crippen LogP contribution is -2.54. The summed E-state index contributed by atoms with van der Waals surface area (Å²) in [5, 5.41) is 13.8. The summed E-state index contributed by atoms with van der Waals surface area (Å²) in [5.41, 5.74) is 6.74. The second-order valence-corrected chi connectivity index (χ2v) is 5.29. The van der Waals surface area contributed by atoms with E-state index in [1.807, 2.05) is 30.3 Å². The number of amides is 2. The summed E-state index contributed by atoms with van der Waals surface area (Å²) in [6.07, 6.45) is 0.336. The third kappa shape index (κ3) is 5.98. The molecule has 0 aliphatic rings. The fraction of sp³-hybridized carbons (Fsp3) is 0.438. The third-order valence-corrected chi connectivity index (χ3v) is 3.37. The van der Waals surface area contributed by atoms with E-state index in [1.165, 1.54) is 6.92 Å². The molecule has 0 saturated heterocycles. The molecule has 2 amide bonds. The molecule has 132 valence electrons. The number of aliphatic hydroxyl groups is 1. The van der Waals surface area contributed by atoms with Gasteiger partial charge in [-0.15, -0.1) is 0 Å². The van der Waals surface area contributed by atoms with Gasteiger partial charge in [0.2, 0.25) is 11.8 Å². The molecule has 0 saturated carbocycles. The van der Waals surface area contributed by atoms with Crippen LogP contribution in [0.3, 0.4) is 0 Å². The molecule has 0 radical (unpaired) electrons. The van der Waals surface area contributed by atoms with Crippen LogP contribution in [0.1, 0.15) is 12.5 Å². The highest BCUT2D eigenvalue weighted by Gasteiger charge is 2.25. The number of hydrogen-bond donors (Lipinski definition) is 4.